The first kappa shape index (κ1) is 16.2. The number of rotatable bonds is 7. The molecular formula is C13H19N3O3S. The lowest BCUT2D eigenvalue weighted by atomic mass is 10.2. The summed E-state index contributed by atoms with van der Waals surface area (Å²) >= 11 is 0. The summed E-state index contributed by atoms with van der Waals surface area (Å²) in [6, 6.07) is 7.15. The molecule has 0 bridgehead atoms. The summed E-state index contributed by atoms with van der Waals surface area (Å²) in [5.74, 6) is -0.221. The van der Waals surface area contributed by atoms with Crippen LogP contribution in [0.1, 0.15) is 12.0 Å². The van der Waals surface area contributed by atoms with E-state index in [4.69, 9.17) is 5.73 Å². The van der Waals surface area contributed by atoms with Gasteiger partial charge in [-0.15, -0.1) is 0 Å². The maximum atomic E-state index is 11.5. The van der Waals surface area contributed by atoms with Crippen LogP contribution in [0.2, 0.25) is 0 Å². The number of amides is 1. The molecule has 0 aliphatic heterocycles. The number of nitrogens with one attached hydrogen (secondary N) is 2. The van der Waals surface area contributed by atoms with E-state index in [0.29, 0.717) is 25.2 Å². The minimum Gasteiger partial charge on any atom is -0.399 e. The number of carbonyl (C=O) groups is 1. The van der Waals surface area contributed by atoms with Crippen LogP contribution in [0.3, 0.4) is 0 Å². The van der Waals surface area contributed by atoms with E-state index in [0.717, 1.165) is 11.8 Å². The molecule has 0 aliphatic carbocycles. The topological polar surface area (TPSA) is 101 Å². The molecule has 0 unspecified atom stereocenters. The third-order valence-electron chi connectivity index (χ3n) is 2.38. The van der Waals surface area contributed by atoms with Gasteiger partial charge < -0.3 is 11.1 Å². The molecule has 1 rings (SSSR count). The summed E-state index contributed by atoms with van der Waals surface area (Å²) in [6.07, 6.45) is 4.74. The summed E-state index contributed by atoms with van der Waals surface area (Å²) in [7, 11) is -3.16. The number of anilines is 1. The highest BCUT2D eigenvalue weighted by atomic mass is 32.2. The number of carbonyl (C=O) groups excluding carboxylic acids is 1. The molecule has 20 heavy (non-hydrogen) atoms. The Morgan fingerprint density at radius 2 is 1.90 bits per heavy atom. The Balaban J connectivity index is 2.25. The summed E-state index contributed by atoms with van der Waals surface area (Å²) in [5, 5.41) is 2.67. The van der Waals surface area contributed by atoms with Crippen LogP contribution in [-0.4, -0.2) is 33.7 Å². The van der Waals surface area contributed by atoms with Crippen molar-refractivity contribution in [2.45, 2.75) is 6.42 Å². The van der Waals surface area contributed by atoms with Gasteiger partial charge in [0.25, 0.3) is 0 Å². The molecule has 0 heterocycles. The molecule has 0 aromatic heterocycles. The Hall–Kier alpha value is -1.86. The molecule has 1 amide bonds. The van der Waals surface area contributed by atoms with Gasteiger partial charge in [0.1, 0.15) is 0 Å². The minimum atomic E-state index is -3.16. The van der Waals surface area contributed by atoms with E-state index in [1.165, 1.54) is 6.08 Å². The van der Waals surface area contributed by atoms with E-state index in [9.17, 15) is 13.2 Å². The number of nitrogens with two attached hydrogens (primary N) is 1. The fourth-order valence-electron chi connectivity index (χ4n) is 1.40. The van der Waals surface area contributed by atoms with Crippen LogP contribution < -0.4 is 15.8 Å². The predicted octanol–water partition coefficient (Wildman–Crippen LogP) is 0.338. The van der Waals surface area contributed by atoms with Crippen LogP contribution in [0.15, 0.2) is 30.3 Å². The monoisotopic (exact) mass is 297 g/mol. The van der Waals surface area contributed by atoms with E-state index in [1.807, 2.05) is 12.1 Å². The molecule has 0 fully saturated rings. The quantitative estimate of drug-likeness (QED) is 0.384. The Morgan fingerprint density at radius 1 is 1.25 bits per heavy atom. The van der Waals surface area contributed by atoms with Gasteiger partial charge in [0, 0.05) is 24.9 Å². The first-order valence-corrected chi connectivity index (χ1v) is 8.02. The smallest absolute Gasteiger partial charge is 0.243 e. The zero-order chi connectivity index (χ0) is 15.0. The summed E-state index contributed by atoms with van der Waals surface area (Å²) in [6.45, 7) is 0.716. The van der Waals surface area contributed by atoms with Crippen molar-refractivity contribution in [3.8, 4) is 0 Å². The second-order valence-electron chi connectivity index (χ2n) is 4.31. The molecule has 0 spiro atoms. The molecule has 7 heteroatoms. The second-order valence-corrected chi connectivity index (χ2v) is 6.14. The van der Waals surface area contributed by atoms with Crippen molar-refractivity contribution in [2.24, 2.45) is 0 Å². The molecule has 4 N–H and O–H groups in total. The summed E-state index contributed by atoms with van der Waals surface area (Å²) in [4.78, 5) is 11.5. The van der Waals surface area contributed by atoms with Crippen molar-refractivity contribution in [2.75, 3.05) is 25.1 Å². The molecular weight excluding hydrogens is 278 g/mol. The minimum absolute atomic E-state index is 0.221. The Bertz CT molecular complexity index is 565. The molecule has 0 saturated heterocycles. The number of nitrogen functional groups attached to an aromatic ring is 1. The van der Waals surface area contributed by atoms with Crippen molar-refractivity contribution in [3.05, 3.63) is 35.9 Å². The lowest BCUT2D eigenvalue weighted by Gasteiger charge is -2.03. The fourth-order valence-corrected chi connectivity index (χ4v) is 1.91. The van der Waals surface area contributed by atoms with E-state index < -0.39 is 10.0 Å². The Kier molecular flexibility index (Phi) is 6.20. The number of hydrogen-bond acceptors (Lipinski definition) is 4. The van der Waals surface area contributed by atoms with Gasteiger partial charge in [-0.3, -0.25) is 4.79 Å². The molecule has 110 valence electrons. The molecule has 1 aromatic rings. The van der Waals surface area contributed by atoms with Gasteiger partial charge in [-0.05, 0) is 30.2 Å². The highest BCUT2D eigenvalue weighted by Gasteiger charge is 1.99. The maximum absolute atomic E-state index is 11.5. The third-order valence-corrected chi connectivity index (χ3v) is 3.11. The van der Waals surface area contributed by atoms with Crippen molar-refractivity contribution < 1.29 is 13.2 Å². The molecule has 1 aromatic carbocycles. The number of benzene rings is 1. The van der Waals surface area contributed by atoms with Gasteiger partial charge in [-0.1, -0.05) is 12.1 Å². The van der Waals surface area contributed by atoms with Crippen LogP contribution in [-0.2, 0) is 14.8 Å². The van der Waals surface area contributed by atoms with Crippen LogP contribution >= 0.6 is 0 Å². The SMILES string of the molecule is CS(=O)(=O)NCCCNC(=O)/C=C/c1ccc(N)cc1. The average molecular weight is 297 g/mol. The zero-order valence-corrected chi connectivity index (χ0v) is 12.1. The lowest BCUT2D eigenvalue weighted by molar-refractivity contribution is -0.116. The molecule has 0 aliphatic rings. The Morgan fingerprint density at radius 3 is 2.50 bits per heavy atom. The predicted molar refractivity (Wildman–Crippen MR) is 80.4 cm³/mol. The molecule has 0 saturated carbocycles. The highest BCUT2D eigenvalue weighted by Crippen LogP contribution is 2.06. The van der Waals surface area contributed by atoms with Gasteiger partial charge in [0.2, 0.25) is 15.9 Å². The first-order valence-electron chi connectivity index (χ1n) is 6.13. The van der Waals surface area contributed by atoms with E-state index in [2.05, 4.69) is 10.0 Å². The van der Waals surface area contributed by atoms with Gasteiger partial charge in [0.05, 0.1) is 6.26 Å². The second kappa shape index (κ2) is 7.66. The molecule has 0 atom stereocenters. The van der Waals surface area contributed by atoms with Crippen molar-refractivity contribution in [3.63, 3.8) is 0 Å². The highest BCUT2D eigenvalue weighted by molar-refractivity contribution is 7.88. The van der Waals surface area contributed by atoms with Gasteiger partial charge in [0.15, 0.2) is 0 Å². The standard InChI is InChI=1S/C13H19N3O3S/c1-20(18,19)16-10-2-9-15-13(17)8-5-11-3-6-12(14)7-4-11/h3-8,16H,2,9-10,14H2,1H3,(H,15,17)/b8-5+. The van der Waals surface area contributed by atoms with Crippen LogP contribution in [0.5, 0.6) is 0 Å². The third kappa shape index (κ3) is 7.55. The van der Waals surface area contributed by atoms with Gasteiger partial charge in [-0.25, -0.2) is 13.1 Å². The van der Waals surface area contributed by atoms with E-state index in [1.54, 1.807) is 18.2 Å². The number of sulfonamides is 1. The normalized spacial score (nSPS) is 11.7. The number of hydrogen-bond donors (Lipinski definition) is 3. The van der Waals surface area contributed by atoms with Crippen LogP contribution in [0.4, 0.5) is 5.69 Å². The van der Waals surface area contributed by atoms with Crippen molar-refractivity contribution in [1.82, 2.24) is 10.0 Å². The molecule has 0 radical (unpaired) electrons. The maximum Gasteiger partial charge on any atom is 0.243 e. The van der Waals surface area contributed by atoms with Gasteiger partial charge >= 0.3 is 0 Å². The van der Waals surface area contributed by atoms with Crippen LogP contribution in [0.25, 0.3) is 6.08 Å². The first-order chi connectivity index (χ1) is 9.37. The van der Waals surface area contributed by atoms with Crippen molar-refractivity contribution in [1.29, 1.82) is 0 Å². The van der Waals surface area contributed by atoms with E-state index >= 15 is 0 Å². The van der Waals surface area contributed by atoms with E-state index in [-0.39, 0.29) is 5.91 Å². The zero-order valence-electron chi connectivity index (χ0n) is 11.3. The Labute approximate surface area is 119 Å². The van der Waals surface area contributed by atoms with Gasteiger partial charge in [-0.2, -0.15) is 0 Å². The van der Waals surface area contributed by atoms with Crippen molar-refractivity contribution >= 4 is 27.7 Å². The van der Waals surface area contributed by atoms with Crippen LogP contribution in [0, 0.1) is 0 Å². The molecule has 6 nitrogen and oxygen atoms in total. The summed E-state index contributed by atoms with van der Waals surface area (Å²) in [5.41, 5.74) is 7.11. The summed E-state index contributed by atoms with van der Waals surface area (Å²) < 4.78 is 23.9. The lowest BCUT2D eigenvalue weighted by Crippen LogP contribution is -2.28. The average Bonchev–Trinajstić information content (AvgIpc) is 2.36. The fraction of sp³-hybridized carbons (Fsp3) is 0.308. The largest absolute Gasteiger partial charge is 0.399 e.